The van der Waals surface area contributed by atoms with Crippen LogP contribution in [0.25, 0.3) is 22.2 Å². The van der Waals surface area contributed by atoms with Crippen LogP contribution in [0, 0.1) is 13.8 Å². The molecule has 8 heteroatoms. The lowest BCUT2D eigenvalue weighted by Gasteiger charge is -2.32. The van der Waals surface area contributed by atoms with Gasteiger partial charge in [0.05, 0.1) is 0 Å². The Morgan fingerprint density at radius 1 is 0.917 bits per heavy atom. The molecule has 1 amide bonds. The van der Waals surface area contributed by atoms with Gasteiger partial charge in [-0.3, -0.25) is 15.2 Å². The SMILES string of the molecule is Cc1cccc(C)c1-c1ccc(OC(=O)Nc2ccc(CN3CCN(C)CC3)cn2)c2nccnc12. The third-order valence-electron chi connectivity index (χ3n) is 6.60. The van der Waals surface area contributed by atoms with Crippen molar-refractivity contribution in [3.8, 4) is 16.9 Å². The summed E-state index contributed by atoms with van der Waals surface area (Å²) >= 11 is 0. The summed E-state index contributed by atoms with van der Waals surface area (Å²) in [4.78, 5) is 30.9. The van der Waals surface area contributed by atoms with Crippen molar-refractivity contribution in [1.29, 1.82) is 0 Å². The lowest BCUT2D eigenvalue weighted by atomic mass is 9.94. The van der Waals surface area contributed by atoms with Gasteiger partial charge in [-0.25, -0.2) is 14.8 Å². The number of carbonyl (C=O) groups is 1. The van der Waals surface area contributed by atoms with E-state index in [0.29, 0.717) is 22.6 Å². The third-order valence-corrected chi connectivity index (χ3v) is 6.60. The number of rotatable bonds is 5. The topological polar surface area (TPSA) is 83.5 Å². The number of pyridine rings is 1. The molecule has 0 atom stereocenters. The Kier molecular flexibility index (Phi) is 6.88. The number of ether oxygens (including phenoxy) is 1. The van der Waals surface area contributed by atoms with Gasteiger partial charge in [0.25, 0.3) is 0 Å². The average molecular weight is 483 g/mol. The van der Waals surface area contributed by atoms with Crippen LogP contribution in [-0.4, -0.2) is 64.1 Å². The summed E-state index contributed by atoms with van der Waals surface area (Å²) in [6.07, 6.45) is 4.42. The van der Waals surface area contributed by atoms with E-state index in [0.717, 1.165) is 60.5 Å². The number of nitrogens with one attached hydrogen (secondary N) is 1. The van der Waals surface area contributed by atoms with Gasteiger partial charge in [0.15, 0.2) is 5.75 Å². The smallest absolute Gasteiger partial charge is 0.408 e. The molecule has 0 spiro atoms. The number of fused-ring (bicyclic) bond motifs is 1. The molecule has 1 N–H and O–H groups in total. The van der Waals surface area contributed by atoms with Crippen molar-refractivity contribution in [2.45, 2.75) is 20.4 Å². The summed E-state index contributed by atoms with van der Waals surface area (Å²) in [6.45, 7) is 9.23. The van der Waals surface area contributed by atoms with Crippen LogP contribution in [-0.2, 0) is 6.54 Å². The van der Waals surface area contributed by atoms with Gasteiger partial charge < -0.3 is 9.64 Å². The van der Waals surface area contributed by atoms with Crippen LogP contribution >= 0.6 is 0 Å². The van der Waals surface area contributed by atoms with E-state index in [1.165, 1.54) is 0 Å². The zero-order chi connectivity index (χ0) is 25.1. The van der Waals surface area contributed by atoms with Gasteiger partial charge in [0.2, 0.25) is 0 Å². The zero-order valence-electron chi connectivity index (χ0n) is 20.9. The largest absolute Gasteiger partial charge is 0.418 e. The minimum atomic E-state index is -0.624. The van der Waals surface area contributed by atoms with Gasteiger partial charge in [0, 0.05) is 56.9 Å². The normalized spacial score (nSPS) is 14.6. The summed E-state index contributed by atoms with van der Waals surface area (Å²) in [6, 6.07) is 13.7. The number of aryl methyl sites for hydroxylation is 2. The zero-order valence-corrected chi connectivity index (χ0v) is 20.9. The number of carbonyl (C=O) groups excluding carboxylic acids is 1. The molecule has 1 aliphatic rings. The van der Waals surface area contributed by atoms with Crippen LogP contribution in [0.1, 0.15) is 16.7 Å². The maximum absolute atomic E-state index is 12.7. The van der Waals surface area contributed by atoms with E-state index in [1.807, 2.05) is 18.2 Å². The van der Waals surface area contributed by atoms with E-state index in [2.05, 4.69) is 63.1 Å². The van der Waals surface area contributed by atoms with Crippen molar-refractivity contribution in [3.05, 3.63) is 77.7 Å². The highest BCUT2D eigenvalue weighted by Crippen LogP contribution is 2.35. The lowest BCUT2D eigenvalue weighted by Crippen LogP contribution is -2.43. The Morgan fingerprint density at radius 3 is 2.33 bits per heavy atom. The van der Waals surface area contributed by atoms with Crippen LogP contribution in [0.2, 0.25) is 0 Å². The van der Waals surface area contributed by atoms with Crippen LogP contribution in [0.15, 0.2) is 61.1 Å². The highest BCUT2D eigenvalue weighted by molar-refractivity contribution is 5.98. The fourth-order valence-corrected chi connectivity index (χ4v) is 4.64. The molecular formula is C28H30N6O2. The van der Waals surface area contributed by atoms with E-state index in [9.17, 15) is 4.79 Å². The first-order valence-corrected chi connectivity index (χ1v) is 12.1. The summed E-state index contributed by atoms with van der Waals surface area (Å²) in [5, 5.41) is 2.72. The number of likely N-dealkylation sites (N-methyl/N-ethyl adjacent to an activating group) is 1. The number of nitrogens with zero attached hydrogens (tertiary/aromatic N) is 5. The monoisotopic (exact) mass is 482 g/mol. The van der Waals surface area contributed by atoms with Gasteiger partial charge in [-0.05, 0) is 61.3 Å². The molecule has 2 aromatic carbocycles. The molecule has 36 heavy (non-hydrogen) atoms. The Morgan fingerprint density at radius 2 is 1.64 bits per heavy atom. The summed E-state index contributed by atoms with van der Waals surface area (Å²) in [5.41, 5.74) is 6.70. The van der Waals surface area contributed by atoms with Gasteiger partial charge in [-0.15, -0.1) is 0 Å². The predicted octanol–water partition coefficient (Wildman–Crippen LogP) is 4.67. The Labute approximate surface area is 211 Å². The minimum absolute atomic E-state index is 0.345. The number of hydrogen-bond acceptors (Lipinski definition) is 7. The van der Waals surface area contributed by atoms with Gasteiger partial charge in [-0.1, -0.05) is 24.3 Å². The second kappa shape index (κ2) is 10.4. The highest BCUT2D eigenvalue weighted by atomic mass is 16.6. The molecule has 3 heterocycles. The number of benzene rings is 2. The molecule has 0 aliphatic carbocycles. The van der Waals surface area contributed by atoms with Crippen LogP contribution in [0.4, 0.5) is 10.6 Å². The van der Waals surface area contributed by atoms with Crippen molar-refractivity contribution >= 4 is 22.9 Å². The molecule has 0 saturated carbocycles. The number of amides is 1. The second-order valence-corrected chi connectivity index (χ2v) is 9.28. The van der Waals surface area contributed by atoms with Crippen molar-refractivity contribution < 1.29 is 9.53 Å². The van der Waals surface area contributed by atoms with E-state index < -0.39 is 6.09 Å². The Bertz CT molecular complexity index is 1360. The van der Waals surface area contributed by atoms with Crippen molar-refractivity contribution in [1.82, 2.24) is 24.8 Å². The van der Waals surface area contributed by atoms with E-state index >= 15 is 0 Å². The molecule has 1 fully saturated rings. The highest BCUT2D eigenvalue weighted by Gasteiger charge is 2.17. The van der Waals surface area contributed by atoms with Crippen LogP contribution < -0.4 is 10.1 Å². The first-order chi connectivity index (χ1) is 17.5. The first kappa shape index (κ1) is 23.8. The molecule has 4 aromatic rings. The molecule has 0 bridgehead atoms. The number of hydrogen-bond donors (Lipinski definition) is 1. The molecule has 1 saturated heterocycles. The predicted molar refractivity (Wildman–Crippen MR) is 141 cm³/mol. The quantitative estimate of drug-likeness (QED) is 0.443. The number of aromatic nitrogens is 3. The molecule has 0 radical (unpaired) electrons. The molecule has 8 nitrogen and oxygen atoms in total. The van der Waals surface area contributed by atoms with Crippen molar-refractivity contribution in [3.63, 3.8) is 0 Å². The fourth-order valence-electron chi connectivity index (χ4n) is 4.64. The van der Waals surface area contributed by atoms with Gasteiger partial charge in [0.1, 0.15) is 16.9 Å². The van der Waals surface area contributed by atoms with Crippen molar-refractivity contribution in [2.75, 3.05) is 38.5 Å². The van der Waals surface area contributed by atoms with E-state index in [-0.39, 0.29) is 0 Å². The minimum Gasteiger partial charge on any atom is -0.408 e. The number of piperazine rings is 1. The molecule has 0 unspecified atom stereocenters. The van der Waals surface area contributed by atoms with E-state index in [4.69, 9.17) is 4.74 Å². The molecule has 184 valence electrons. The molecular weight excluding hydrogens is 452 g/mol. The standard InChI is InChI=1S/C28H30N6O2/c1-19-5-4-6-20(2)25(19)22-8-9-23(27-26(22)29-11-12-30-27)36-28(35)32-24-10-7-21(17-31-24)18-34-15-13-33(3)14-16-34/h4-12,17H,13-16,18H2,1-3H3,(H,31,32,35). The van der Waals surface area contributed by atoms with Crippen LogP contribution in [0.5, 0.6) is 5.75 Å². The maximum Gasteiger partial charge on any atom is 0.418 e. The van der Waals surface area contributed by atoms with E-state index in [1.54, 1.807) is 30.7 Å². The second-order valence-electron chi connectivity index (χ2n) is 9.28. The Balaban J connectivity index is 1.30. The summed E-state index contributed by atoms with van der Waals surface area (Å²) in [7, 11) is 2.15. The summed E-state index contributed by atoms with van der Waals surface area (Å²) in [5.74, 6) is 0.780. The van der Waals surface area contributed by atoms with Crippen molar-refractivity contribution in [2.24, 2.45) is 0 Å². The summed E-state index contributed by atoms with van der Waals surface area (Å²) < 4.78 is 5.64. The third kappa shape index (κ3) is 5.19. The lowest BCUT2D eigenvalue weighted by molar-refractivity contribution is 0.148. The van der Waals surface area contributed by atoms with Gasteiger partial charge >= 0.3 is 6.09 Å². The van der Waals surface area contributed by atoms with Crippen LogP contribution in [0.3, 0.4) is 0 Å². The Hall–Kier alpha value is -3.88. The average Bonchev–Trinajstić information content (AvgIpc) is 2.87. The molecule has 2 aromatic heterocycles. The number of anilines is 1. The molecule has 1 aliphatic heterocycles. The molecule has 5 rings (SSSR count). The van der Waals surface area contributed by atoms with Gasteiger partial charge in [-0.2, -0.15) is 0 Å². The maximum atomic E-state index is 12.7. The fraction of sp³-hybridized carbons (Fsp3) is 0.286. The first-order valence-electron chi connectivity index (χ1n) is 12.1.